The highest BCUT2D eigenvalue weighted by atomic mass is 16.5. The summed E-state index contributed by atoms with van der Waals surface area (Å²) in [6, 6.07) is 5.96. The predicted octanol–water partition coefficient (Wildman–Crippen LogP) is 1.83. The molecule has 7 heteroatoms. The molecule has 0 unspecified atom stereocenters. The summed E-state index contributed by atoms with van der Waals surface area (Å²) < 4.78 is 14.4. The molecule has 0 saturated heterocycles. The van der Waals surface area contributed by atoms with Crippen LogP contribution in [0.3, 0.4) is 0 Å². The van der Waals surface area contributed by atoms with E-state index in [4.69, 9.17) is 9.84 Å². The van der Waals surface area contributed by atoms with Crippen LogP contribution >= 0.6 is 0 Å². The van der Waals surface area contributed by atoms with Gasteiger partial charge in [-0.15, -0.1) is 0 Å². The van der Waals surface area contributed by atoms with Gasteiger partial charge < -0.3 is 19.1 Å². The summed E-state index contributed by atoms with van der Waals surface area (Å²) in [5, 5.41) is 12.4. The van der Waals surface area contributed by atoms with Gasteiger partial charge >= 0.3 is 11.9 Å². The zero-order valence-electron chi connectivity index (χ0n) is 10.7. The maximum absolute atomic E-state index is 11.6. The molecule has 0 aliphatic carbocycles. The summed E-state index contributed by atoms with van der Waals surface area (Å²) in [6.45, 7) is 0. The molecule has 1 N–H and O–H groups in total. The van der Waals surface area contributed by atoms with Crippen LogP contribution in [0.5, 0.6) is 5.75 Å². The zero-order valence-corrected chi connectivity index (χ0v) is 10.7. The first-order valence-corrected chi connectivity index (χ1v) is 5.53. The van der Waals surface area contributed by atoms with Crippen molar-refractivity contribution in [2.24, 2.45) is 0 Å². The molecule has 1 heterocycles. The number of carbonyl (C=O) groups excluding carboxylic acids is 1. The Labute approximate surface area is 113 Å². The molecule has 0 atom stereocenters. The number of aromatic carboxylic acids is 1. The minimum absolute atomic E-state index is 0.215. The van der Waals surface area contributed by atoms with E-state index >= 15 is 0 Å². The molecule has 0 radical (unpaired) electrons. The van der Waals surface area contributed by atoms with Crippen molar-refractivity contribution in [1.82, 2.24) is 5.16 Å². The van der Waals surface area contributed by atoms with Crippen molar-refractivity contribution >= 4 is 11.9 Å². The van der Waals surface area contributed by atoms with Crippen LogP contribution in [0.15, 0.2) is 28.8 Å². The van der Waals surface area contributed by atoms with Crippen molar-refractivity contribution in [3.63, 3.8) is 0 Å². The van der Waals surface area contributed by atoms with Crippen LogP contribution in [0.2, 0.25) is 0 Å². The number of nitrogens with zero attached hydrogens (tertiary/aromatic N) is 1. The Kier molecular flexibility index (Phi) is 3.69. The van der Waals surface area contributed by atoms with Gasteiger partial charge in [0, 0.05) is 11.6 Å². The van der Waals surface area contributed by atoms with Gasteiger partial charge in [-0.05, 0) is 18.2 Å². The number of hydrogen-bond acceptors (Lipinski definition) is 6. The molecule has 1 aromatic carbocycles. The van der Waals surface area contributed by atoms with E-state index in [1.54, 1.807) is 12.1 Å². The summed E-state index contributed by atoms with van der Waals surface area (Å²) in [7, 11) is 2.69. The smallest absolute Gasteiger partial charge is 0.374 e. The third-order valence-corrected chi connectivity index (χ3v) is 2.62. The number of carboxylic acid groups (broad SMARTS) is 1. The Morgan fingerprint density at radius 2 is 2.00 bits per heavy atom. The van der Waals surface area contributed by atoms with Crippen LogP contribution in [0.1, 0.15) is 20.9 Å². The number of ether oxygens (including phenoxy) is 2. The second-order valence-corrected chi connectivity index (χ2v) is 3.79. The van der Waals surface area contributed by atoms with Gasteiger partial charge in [-0.3, -0.25) is 0 Å². The van der Waals surface area contributed by atoms with Crippen LogP contribution in [-0.2, 0) is 4.74 Å². The Morgan fingerprint density at radius 3 is 2.55 bits per heavy atom. The quantitative estimate of drug-likeness (QED) is 0.851. The molecule has 0 spiro atoms. The average Bonchev–Trinajstić information content (AvgIpc) is 2.95. The minimum atomic E-state index is -1.22. The Balaban J connectivity index is 2.46. The van der Waals surface area contributed by atoms with Crippen LogP contribution in [0.4, 0.5) is 0 Å². The average molecular weight is 277 g/mol. The van der Waals surface area contributed by atoms with E-state index < -0.39 is 11.9 Å². The first-order valence-electron chi connectivity index (χ1n) is 5.53. The molecule has 0 aliphatic rings. The van der Waals surface area contributed by atoms with Crippen molar-refractivity contribution < 1.29 is 28.7 Å². The largest absolute Gasteiger partial charge is 0.496 e. The summed E-state index contributed by atoms with van der Waals surface area (Å²) in [4.78, 5) is 22.4. The van der Waals surface area contributed by atoms with Crippen molar-refractivity contribution in [2.45, 2.75) is 0 Å². The number of methoxy groups -OCH3 is 2. The van der Waals surface area contributed by atoms with E-state index in [1.165, 1.54) is 26.4 Å². The summed E-state index contributed by atoms with van der Waals surface area (Å²) in [5.41, 5.74) is 1.03. The second-order valence-electron chi connectivity index (χ2n) is 3.79. The fourth-order valence-corrected chi connectivity index (χ4v) is 1.65. The predicted molar refractivity (Wildman–Crippen MR) is 66.8 cm³/mol. The molecular formula is C13H11NO6. The Morgan fingerprint density at radius 1 is 1.25 bits per heavy atom. The fourth-order valence-electron chi connectivity index (χ4n) is 1.65. The number of carboxylic acids is 1. The van der Waals surface area contributed by atoms with Gasteiger partial charge in [-0.25, -0.2) is 9.59 Å². The van der Waals surface area contributed by atoms with Crippen molar-refractivity contribution in [3.8, 4) is 17.0 Å². The van der Waals surface area contributed by atoms with Gasteiger partial charge in [-0.1, -0.05) is 5.16 Å². The minimum Gasteiger partial charge on any atom is -0.496 e. The number of rotatable bonds is 4. The monoisotopic (exact) mass is 277 g/mol. The zero-order chi connectivity index (χ0) is 14.7. The highest BCUT2D eigenvalue weighted by molar-refractivity contribution is 5.94. The van der Waals surface area contributed by atoms with Crippen molar-refractivity contribution in [1.29, 1.82) is 0 Å². The van der Waals surface area contributed by atoms with Gasteiger partial charge in [0.25, 0.3) is 0 Å². The molecular weight excluding hydrogens is 266 g/mol. The lowest BCUT2D eigenvalue weighted by atomic mass is 10.1. The van der Waals surface area contributed by atoms with Gasteiger partial charge in [0.1, 0.15) is 17.0 Å². The molecule has 0 bridgehead atoms. The van der Waals surface area contributed by atoms with Crippen LogP contribution in [0, 0.1) is 0 Å². The summed E-state index contributed by atoms with van der Waals surface area (Å²) >= 11 is 0. The Hall–Kier alpha value is -2.83. The van der Waals surface area contributed by atoms with E-state index in [2.05, 4.69) is 14.4 Å². The molecule has 7 nitrogen and oxygen atoms in total. The molecule has 104 valence electrons. The number of aromatic nitrogens is 1. The third-order valence-electron chi connectivity index (χ3n) is 2.62. The van der Waals surface area contributed by atoms with Crippen LogP contribution in [0.25, 0.3) is 11.3 Å². The highest BCUT2D eigenvalue weighted by Gasteiger charge is 2.17. The number of esters is 1. The lowest BCUT2D eigenvalue weighted by Gasteiger charge is -2.07. The topological polar surface area (TPSA) is 98.9 Å². The SMILES string of the molecule is COC(=O)c1cc(-c2cc(C(=O)O)on2)ccc1OC. The second kappa shape index (κ2) is 5.43. The van der Waals surface area contributed by atoms with Crippen LogP contribution in [-0.4, -0.2) is 36.4 Å². The van der Waals surface area contributed by atoms with E-state index in [9.17, 15) is 9.59 Å². The van der Waals surface area contributed by atoms with E-state index in [1.807, 2.05) is 0 Å². The summed E-state index contributed by atoms with van der Waals surface area (Å²) in [5.74, 6) is -1.71. The normalized spacial score (nSPS) is 10.1. The molecule has 1 aromatic heterocycles. The van der Waals surface area contributed by atoms with Gasteiger partial charge in [0.05, 0.1) is 14.2 Å². The molecule has 2 aromatic rings. The number of hydrogen-bond donors (Lipinski definition) is 1. The maximum Gasteiger partial charge on any atom is 0.374 e. The lowest BCUT2D eigenvalue weighted by molar-refractivity contribution is 0.0595. The first kappa shape index (κ1) is 13.6. The van der Waals surface area contributed by atoms with Crippen LogP contribution < -0.4 is 4.74 Å². The molecule has 0 fully saturated rings. The third kappa shape index (κ3) is 2.46. The van der Waals surface area contributed by atoms with Crippen molar-refractivity contribution in [2.75, 3.05) is 14.2 Å². The van der Waals surface area contributed by atoms with E-state index in [0.29, 0.717) is 17.0 Å². The van der Waals surface area contributed by atoms with Gasteiger partial charge in [0.15, 0.2) is 0 Å². The molecule has 0 aliphatic heterocycles. The molecule has 0 amide bonds. The van der Waals surface area contributed by atoms with E-state index in [-0.39, 0.29) is 11.3 Å². The summed E-state index contributed by atoms with van der Waals surface area (Å²) in [6.07, 6.45) is 0. The highest BCUT2D eigenvalue weighted by Crippen LogP contribution is 2.27. The number of carbonyl (C=O) groups is 2. The first-order chi connectivity index (χ1) is 9.56. The van der Waals surface area contributed by atoms with E-state index in [0.717, 1.165) is 0 Å². The molecule has 20 heavy (non-hydrogen) atoms. The number of benzene rings is 1. The van der Waals surface area contributed by atoms with Gasteiger partial charge in [-0.2, -0.15) is 0 Å². The lowest BCUT2D eigenvalue weighted by Crippen LogP contribution is -2.04. The molecule has 2 rings (SSSR count). The standard InChI is InChI=1S/C13H11NO6/c1-18-10-4-3-7(5-8(10)13(17)19-2)9-6-11(12(15)16)20-14-9/h3-6H,1-2H3,(H,15,16). The molecule has 0 saturated carbocycles. The van der Waals surface area contributed by atoms with Gasteiger partial charge in [0.2, 0.25) is 5.76 Å². The maximum atomic E-state index is 11.6. The fraction of sp³-hybridized carbons (Fsp3) is 0.154. The Bertz CT molecular complexity index is 661. The van der Waals surface area contributed by atoms with Crippen molar-refractivity contribution in [3.05, 3.63) is 35.6 Å².